The zero-order chi connectivity index (χ0) is 24.9. The van der Waals surface area contributed by atoms with E-state index in [1.807, 2.05) is 0 Å². The number of aliphatic hydroxyl groups is 1. The van der Waals surface area contributed by atoms with E-state index in [9.17, 15) is 29.2 Å². The number of rotatable bonds is 10. The van der Waals surface area contributed by atoms with Gasteiger partial charge in [0.25, 0.3) is 5.56 Å². The van der Waals surface area contributed by atoms with Crippen molar-refractivity contribution < 1.29 is 33.4 Å². The standard InChI is InChI=1S/C20H23BrN3O9P/c1-12(19(27)28)23-34(30,33-14-5-3-2-4-6-14)31-11-16-15(25)9-17(32-16)24-10-13(7-8-21)18(26)22-20(24)29/h2-8,10,12,15-17,25H,9,11H2,1H3,(H,23,30)(H,27,28)(H,22,26,29)/b8-7+/t12-,15-,16+,17+,34?/m0/s1. The lowest BCUT2D eigenvalue weighted by atomic mass is 10.2. The molecule has 1 aromatic carbocycles. The summed E-state index contributed by atoms with van der Waals surface area (Å²) in [7, 11) is -4.21. The number of carboxylic acids is 1. The highest BCUT2D eigenvalue weighted by Crippen LogP contribution is 2.45. The maximum Gasteiger partial charge on any atom is 0.459 e. The molecule has 0 aliphatic carbocycles. The maximum atomic E-state index is 13.3. The second-order valence-electron chi connectivity index (χ2n) is 7.36. The number of para-hydroxylation sites is 1. The highest BCUT2D eigenvalue weighted by Gasteiger charge is 2.39. The van der Waals surface area contributed by atoms with Crippen molar-refractivity contribution >= 4 is 35.7 Å². The topological polar surface area (TPSA) is 169 Å². The summed E-state index contributed by atoms with van der Waals surface area (Å²) in [4.78, 5) is 39.0. The molecule has 1 aliphatic heterocycles. The Kier molecular flexibility index (Phi) is 8.63. The Morgan fingerprint density at radius 1 is 1.41 bits per heavy atom. The lowest BCUT2D eigenvalue weighted by Gasteiger charge is -2.24. The third-order valence-electron chi connectivity index (χ3n) is 4.85. The number of hydrogen-bond acceptors (Lipinski definition) is 8. The van der Waals surface area contributed by atoms with Gasteiger partial charge in [0.2, 0.25) is 0 Å². The van der Waals surface area contributed by atoms with Crippen LogP contribution in [0.25, 0.3) is 6.08 Å². The van der Waals surface area contributed by atoms with Crippen LogP contribution in [0.1, 0.15) is 25.1 Å². The van der Waals surface area contributed by atoms with Gasteiger partial charge in [0.15, 0.2) is 0 Å². The number of halogens is 1. The lowest BCUT2D eigenvalue weighted by molar-refractivity contribution is -0.138. The first-order chi connectivity index (χ1) is 16.1. The Bertz CT molecular complexity index is 1200. The van der Waals surface area contributed by atoms with Crippen molar-refractivity contribution in [1.82, 2.24) is 14.6 Å². The third-order valence-corrected chi connectivity index (χ3v) is 6.76. The van der Waals surface area contributed by atoms with Crippen LogP contribution in [-0.4, -0.2) is 50.6 Å². The Morgan fingerprint density at radius 2 is 2.12 bits per heavy atom. The number of aromatic amines is 1. The third kappa shape index (κ3) is 6.53. The first-order valence-electron chi connectivity index (χ1n) is 10.1. The van der Waals surface area contributed by atoms with Crippen LogP contribution in [0.4, 0.5) is 0 Å². The van der Waals surface area contributed by atoms with Crippen molar-refractivity contribution in [3.63, 3.8) is 0 Å². The maximum absolute atomic E-state index is 13.3. The Labute approximate surface area is 201 Å². The molecule has 0 radical (unpaired) electrons. The van der Waals surface area contributed by atoms with Crippen molar-refractivity contribution in [3.05, 3.63) is 67.9 Å². The second kappa shape index (κ2) is 11.3. The number of aliphatic hydroxyl groups excluding tert-OH is 1. The molecular weight excluding hydrogens is 537 g/mol. The molecule has 2 heterocycles. The minimum atomic E-state index is -4.21. The summed E-state index contributed by atoms with van der Waals surface area (Å²) in [6.07, 6.45) is -0.350. The number of nitrogens with zero attached hydrogens (tertiary/aromatic N) is 1. The van der Waals surface area contributed by atoms with Crippen LogP contribution < -0.4 is 20.9 Å². The quantitative estimate of drug-likeness (QED) is 0.315. The molecule has 14 heteroatoms. The molecule has 4 N–H and O–H groups in total. The van der Waals surface area contributed by atoms with E-state index in [1.54, 1.807) is 18.2 Å². The average Bonchev–Trinajstić information content (AvgIpc) is 3.15. The largest absolute Gasteiger partial charge is 0.480 e. The molecule has 1 aromatic heterocycles. The van der Waals surface area contributed by atoms with E-state index in [4.69, 9.17) is 13.8 Å². The van der Waals surface area contributed by atoms with Gasteiger partial charge in [-0.3, -0.25) is 23.7 Å². The van der Waals surface area contributed by atoms with Gasteiger partial charge in [-0.05, 0) is 30.1 Å². The van der Waals surface area contributed by atoms with Crippen molar-refractivity contribution in [2.24, 2.45) is 0 Å². The van der Waals surface area contributed by atoms with Crippen molar-refractivity contribution in [3.8, 4) is 5.75 Å². The van der Waals surface area contributed by atoms with Crippen LogP contribution >= 0.6 is 23.7 Å². The number of nitrogens with one attached hydrogen (secondary N) is 2. The number of carbonyl (C=O) groups is 1. The molecule has 1 unspecified atom stereocenters. The van der Waals surface area contributed by atoms with Gasteiger partial charge >= 0.3 is 19.4 Å². The summed E-state index contributed by atoms with van der Waals surface area (Å²) in [6.45, 7) is 0.832. The van der Waals surface area contributed by atoms with E-state index in [-0.39, 0.29) is 17.7 Å². The predicted molar refractivity (Wildman–Crippen MR) is 125 cm³/mol. The first kappa shape index (κ1) is 26.1. The Balaban J connectivity index is 1.75. The summed E-state index contributed by atoms with van der Waals surface area (Å²) in [5.41, 5.74) is -1.14. The number of H-pyrrole nitrogens is 1. The smallest absolute Gasteiger partial charge is 0.459 e. The van der Waals surface area contributed by atoms with Gasteiger partial charge in [-0.25, -0.2) is 9.36 Å². The number of aliphatic carboxylic acids is 1. The molecule has 3 rings (SSSR count). The second-order valence-corrected chi connectivity index (χ2v) is 9.59. The van der Waals surface area contributed by atoms with Crippen LogP contribution in [0.3, 0.4) is 0 Å². The molecule has 0 bridgehead atoms. The van der Waals surface area contributed by atoms with E-state index in [2.05, 4.69) is 26.0 Å². The fourth-order valence-electron chi connectivity index (χ4n) is 3.11. The highest BCUT2D eigenvalue weighted by molar-refractivity contribution is 9.11. The first-order valence-corrected chi connectivity index (χ1v) is 12.5. The Morgan fingerprint density at radius 3 is 2.76 bits per heavy atom. The minimum absolute atomic E-state index is 0.0136. The van der Waals surface area contributed by atoms with Gasteiger partial charge < -0.3 is 19.5 Å². The summed E-state index contributed by atoms with van der Waals surface area (Å²) in [6, 6.07) is 6.75. The summed E-state index contributed by atoms with van der Waals surface area (Å²) < 4.78 is 30.9. The molecule has 5 atom stereocenters. The van der Waals surface area contributed by atoms with Crippen molar-refractivity contribution in [2.75, 3.05) is 6.61 Å². The van der Waals surface area contributed by atoms with Crippen LogP contribution in [-0.2, 0) is 18.6 Å². The van der Waals surface area contributed by atoms with Crippen molar-refractivity contribution in [1.29, 1.82) is 0 Å². The number of carboxylic acid groups (broad SMARTS) is 1. The fraction of sp³-hybridized carbons (Fsp3) is 0.350. The molecule has 184 valence electrons. The van der Waals surface area contributed by atoms with Crippen LogP contribution in [0.15, 0.2) is 51.1 Å². The van der Waals surface area contributed by atoms with Gasteiger partial charge in [0, 0.05) is 12.6 Å². The zero-order valence-electron chi connectivity index (χ0n) is 17.9. The lowest BCUT2D eigenvalue weighted by Crippen LogP contribution is -2.35. The SMILES string of the molecule is C[C@H](NP(=O)(OC[C@H]1O[C@@H](n2cc(/C=C/Br)c(=O)[nH]c2=O)C[C@@H]1O)Oc1ccccc1)C(=O)O. The van der Waals surface area contributed by atoms with Crippen LogP contribution in [0, 0.1) is 0 Å². The van der Waals surface area contributed by atoms with E-state index in [1.165, 1.54) is 36.3 Å². The molecule has 1 saturated heterocycles. The Hall–Kier alpha value is -2.54. The monoisotopic (exact) mass is 559 g/mol. The van der Waals surface area contributed by atoms with Gasteiger partial charge in [-0.2, -0.15) is 5.09 Å². The molecule has 0 spiro atoms. The van der Waals surface area contributed by atoms with E-state index < -0.39 is 56.0 Å². The normalized spacial score (nSPS) is 23.0. The molecule has 0 saturated carbocycles. The summed E-state index contributed by atoms with van der Waals surface area (Å²) >= 11 is 3.06. The zero-order valence-corrected chi connectivity index (χ0v) is 20.3. The predicted octanol–water partition coefficient (Wildman–Crippen LogP) is 1.82. The molecule has 34 heavy (non-hydrogen) atoms. The number of benzene rings is 1. The van der Waals surface area contributed by atoms with Gasteiger partial charge in [-0.1, -0.05) is 34.1 Å². The van der Waals surface area contributed by atoms with Crippen LogP contribution in [0.2, 0.25) is 0 Å². The minimum Gasteiger partial charge on any atom is -0.480 e. The summed E-state index contributed by atoms with van der Waals surface area (Å²) in [5, 5.41) is 21.9. The fourth-order valence-corrected chi connectivity index (χ4v) is 4.90. The molecule has 0 amide bonds. The molecule has 2 aromatic rings. The van der Waals surface area contributed by atoms with E-state index in [0.717, 1.165) is 4.57 Å². The van der Waals surface area contributed by atoms with Gasteiger partial charge in [-0.15, -0.1) is 0 Å². The van der Waals surface area contributed by atoms with Crippen LogP contribution in [0.5, 0.6) is 5.75 Å². The van der Waals surface area contributed by atoms with Gasteiger partial charge in [0.05, 0.1) is 18.3 Å². The molecular formula is C20H23BrN3O9P. The van der Waals surface area contributed by atoms with E-state index >= 15 is 0 Å². The van der Waals surface area contributed by atoms with E-state index in [0.29, 0.717) is 0 Å². The highest BCUT2D eigenvalue weighted by atomic mass is 79.9. The number of ether oxygens (including phenoxy) is 1. The van der Waals surface area contributed by atoms with Gasteiger partial charge in [0.1, 0.15) is 24.1 Å². The number of hydrogen-bond donors (Lipinski definition) is 4. The van der Waals surface area contributed by atoms with Crippen molar-refractivity contribution in [2.45, 2.75) is 37.8 Å². The molecule has 1 fully saturated rings. The number of aromatic nitrogens is 2. The molecule has 1 aliphatic rings. The average molecular weight is 560 g/mol. The molecule has 12 nitrogen and oxygen atoms in total. The summed E-state index contributed by atoms with van der Waals surface area (Å²) in [5.74, 6) is -1.10.